The van der Waals surface area contributed by atoms with Gasteiger partial charge in [0.15, 0.2) is 5.69 Å². The van der Waals surface area contributed by atoms with Gasteiger partial charge < -0.3 is 9.73 Å². The number of furan rings is 1. The van der Waals surface area contributed by atoms with Crippen LogP contribution in [0, 0.1) is 12.3 Å². The average molecular weight is 401 g/mol. The predicted molar refractivity (Wildman–Crippen MR) is 104 cm³/mol. The quantitative estimate of drug-likeness (QED) is 0.728. The normalized spacial score (nSPS) is 18.8. The number of fused-ring (bicyclic) bond motifs is 2. The topological polar surface area (TPSA) is 93.7 Å². The van der Waals surface area contributed by atoms with E-state index in [-0.39, 0.29) is 22.3 Å². The molecule has 8 heteroatoms. The summed E-state index contributed by atoms with van der Waals surface area (Å²) in [6, 6.07) is 6.89. The largest absolute Gasteiger partial charge is 0.466 e. The summed E-state index contributed by atoms with van der Waals surface area (Å²) in [5.41, 5.74) is 1.52. The lowest BCUT2D eigenvalue weighted by Crippen LogP contribution is -2.36. The van der Waals surface area contributed by atoms with Crippen LogP contribution in [0.5, 0.6) is 0 Å². The lowest BCUT2D eigenvalue weighted by molar-refractivity contribution is 0.0914. The SMILES string of the molecule is Cc1cc2c(o1)CC(C)(C)CC2NC(=O)c1nc(S(C)(=O)=O)n2ccccc12. The van der Waals surface area contributed by atoms with Crippen LogP contribution >= 0.6 is 0 Å². The fourth-order valence-corrected chi connectivity index (χ4v) is 4.75. The van der Waals surface area contributed by atoms with E-state index < -0.39 is 15.7 Å². The van der Waals surface area contributed by atoms with Crippen LogP contribution in [0.3, 0.4) is 0 Å². The van der Waals surface area contributed by atoms with Crippen molar-refractivity contribution in [1.29, 1.82) is 0 Å². The van der Waals surface area contributed by atoms with Crippen LogP contribution in [0.2, 0.25) is 0 Å². The van der Waals surface area contributed by atoms with Crippen LogP contribution in [0.15, 0.2) is 40.0 Å². The maximum atomic E-state index is 13.1. The van der Waals surface area contributed by atoms with Crippen molar-refractivity contribution in [2.45, 2.75) is 44.8 Å². The van der Waals surface area contributed by atoms with E-state index in [1.807, 2.05) is 13.0 Å². The van der Waals surface area contributed by atoms with E-state index in [0.29, 0.717) is 5.52 Å². The highest BCUT2D eigenvalue weighted by Crippen LogP contribution is 2.42. The number of carbonyl (C=O) groups is 1. The van der Waals surface area contributed by atoms with Crippen LogP contribution in [-0.4, -0.2) is 30.0 Å². The summed E-state index contributed by atoms with van der Waals surface area (Å²) in [5.74, 6) is 1.31. The summed E-state index contributed by atoms with van der Waals surface area (Å²) in [6.07, 6.45) is 4.25. The Morgan fingerprint density at radius 3 is 2.82 bits per heavy atom. The highest BCUT2D eigenvalue weighted by molar-refractivity contribution is 7.90. The molecule has 1 N–H and O–H groups in total. The molecular weight excluding hydrogens is 378 g/mol. The summed E-state index contributed by atoms with van der Waals surface area (Å²) in [6.45, 7) is 6.17. The number of carbonyl (C=O) groups excluding carboxylic acids is 1. The number of imidazole rings is 1. The van der Waals surface area contributed by atoms with Gasteiger partial charge in [-0.3, -0.25) is 9.20 Å². The maximum absolute atomic E-state index is 13.1. The third kappa shape index (κ3) is 3.22. The molecule has 1 unspecified atom stereocenters. The van der Waals surface area contributed by atoms with Crippen molar-refractivity contribution in [3.05, 3.63) is 53.2 Å². The number of hydrogen-bond acceptors (Lipinski definition) is 5. The molecule has 0 radical (unpaired) electrons. The van der Waals surface area contributed by atoms with E-state index in [9.17, 15) is 13.2 Å². The van der Waals surface area contributed by atoms with Crippen molar-refractivity contribution in [1.82, 2.24) is 14.7 Å². The number of hydrogen-bond donors (Lipinski definition) is 1. The highest BCUT2D eigenvalue weighted by atomic mass is 32.2. The number of nitrogens with one attached hydrogen (secondary N) is 1. The third-order valence-electron chi connectivity index (χ3n) is 5.10. The molecule has 0 fully saturated rings. The zero-order valence-electron chi connectivity index (χ0n) is 16.3. The maximum Gasteiger partial charge on any atom is 0.272 e. The Morgan fingerprint density at radius 2 is 2.11 bits per heavy atom. The Kier molecular flexibility index (Phi) is 4.15. The van der Waals surface area contributed by atoms with Crippen molar-refractivity contribution in [3.63, 3.8) is 0 Å². The fourth-order valence-electron chi connectivity index (χ4n) is 3.98. The molecule has 0 aromatic carbocycles. The molecule has 0 aliphatic heterocycles. The standard InChI is InChI=1S/C20H23N3O4S/c1-12-9-13-14(10-20(2,3)11-16(13)27-12)21-18(24)17-15-7-5-6-8-23(15)19(22-17)28(4,25)26/h5-9,14H,10-11H2,1-4H3,(H,21,24). The molecule has 28 heavy (non-hydrogen) atoms. The first-order chi connectivity index (χ1) is 13.0. The number of aromatic nitrogens is 2. The van der Waals surface area contributed by atoms with Gasteiger partial charge in [0.2, 0.25) is 15.0 Å². The zero-order valence-corrected chi connectivity index (χ0v) is 17.1. The number of nitrogens with zero attached hydrogens (tertiary/aromatic N) is 2. The monoisotopic (exact) mass is 401 g/mol. The number of sulfone groups is 1. The van der Waals surface area contributed by atoms with Crippen LogP contribution < -0.4 is 5.32 Å². The Bertz CT molecular complexity index is 1190. The highest BCUT2D eigenvalue weighted by Gasteiger charge is 2.36. The summed E-state index contributed by atoms with van der Waals surface area (Å²) in [5, 5.41) is 2.91. The van der Waals surface area contributed by atoms with Gasteiger partial charge in [-0.25, -0.2) is 13.4 Å². The van der Waals surface area contributed by atoms with Crippen LogP contribution in [0.1, 0.15) is 53.9 Å². The van der Waals surface area contributed by atoms with Gasteiger partial charge in [0, 0.05) is 24.4 Å². The van der Waals surface area contributed by atoms with E-state index in [1.54, 1.807) is 24.4 Å². The predicted octanol–water partition coefficient (Wildman–Crippen LogP) is 3.08. The van der Waals surface area contributed by atoms with Crippen LogP contribution in [0.4, 0.5) is 0 Å². The Labute approximate surface area is 163 Å². The summed E-state index contributed by atoms with van der Waals surface area (Å²) < 4.78 is 31.5. The number of amides is 1. The third-order valence-corrected chi connectivity index (χ3v) is 6.06. The Balaban J connectivity index is 1.74. The number of aryl methyl sites for hydroxylation is 1. The van der Waals surface area contributed by atoms with E-state index in [1.165, 1.54) is 4.40 Å². The second kappa shape index (κ2) is 6.20. The summed E-state index contributed by atoms with van der Waals surface area (Å²) >= 11 is 0. The van der Waals surface area contributed by atoms with Crippen molar-refractivity contribution >= 4 is 21.3 Å². The molecule has 1 aliphatic rings. The van der Waals surface area contributed by atoms with E-state index in [2.05, 4.69) is 24.1 Å². The molecule has 1 atom stereocenters. The molecule has 148 valence electrons. The van der Waals surface area contributed by atoms with E-state index >= 15 is 0 Å². The van der Waals surface area contributed by atoms with Gasteiger partial charge in [-0.1, -0.05) is 19.9 Å². The molecule has 1 aliphatic carbocycles. The minimum Gasteiger partial charge on any atom is -0.466 e. The molecule has 0 bridgehead atoms. The molecule has 1 amide bonds. The van der Waals surface area contributed by atoms with Gasteiger partial charge in [-0.05, 0) is 37.0 Å². The van der Waals surface area contributed by atoms with Crippen molar-refractivity contribution < 1.29 is 17.6 Å². The van der Waals surface area contributed by atoms with Gasteiger partial charge in [-0.15, -0.1) is 0 Å². The van der Waals surface area contributed by atoms with Crippen LogP contribution in [0.25, 0.3) is 5.52 Å². The lowest BCUT2D eigenvalue weighted by Gasteiger charge is -2.34. The molecule has 7 nitrogen and oxygen atoms in total. The second-order valence-electron chi connectivity index (χ2n) is 8.28. The van der Waals surface area contributed by atoms with E-state index in [4.69, 9.17) is 4.42 Å². The lowest BCUT2D eigenvalue weighted by atomic mass is 9.74. The molecule has 0 saturated carbocycles. The van der Waals surface area contributed by atoms with Crippen molar-refractivity contribution in [2.75, 3.05) is 6.26 Å². The second-order valence-corrected chi connectivity index (χ2v) is 10.2. The molecule has 0 spiro atoms. The smallest absolute Gasteiger partial charge is 0.272 e. The molecule has 3 heterocycles. The zero-order chi connectivity index (χ0) is 20.3. The van der Waals surface area contributed by atoms with Gasteiger partial charge >= 0.3 is 0 Å². The fraction of sp³-hybridized carbons (Fsp3) is 0.400. The molecule has 4 rings (SSSR count). The van der Waals surface area contributed by atoms with Gasteiger partial charge in [-0.2, -0.15) is 0 Å². The first-order valence-electron chi connectivity index (χ1n) is 9.12. The van der Waals surface area contributed by atoms with Gasteiger partial charge in [0.25, 0.3) is 5.91 Å². The van der Waals surface area contributed by atoms with Gasteiger partial charge in [0.05, 0.1) is 11.6 Å². The average Bonchev–Trinajstić information content (AvgIpc) is 3.13. The Hall–Kier alpha value is -2.61. The van der Waals surface area contributed by atoms with Crippen molar-refractivity contribution in [2.24, 2.45) is 5.41 Å². The van der Waals surface area contributed by atoms with Crippen molar-refractivity contribution in [3.8, 4) is 0 Å². The first kappa shape index (κ1) is 18.7. The first-order valence-corrected chi connectivity index (χ1v) is 11.0. The number of rotatable bonds is 3. The molecule has 3 aromatic heterocycles. The van der Waals surface area contributed by atoms with Gasteiger partial charge in [0.1, 0.15) is 11.5 Å². The minimum absolute atomic E-state index is 0.0244. The van der Waals surface area contributed by atoms with E-state index in [0.717, 1.165) is 36.2 Å². The number of pyridine rings is 1. The summed E-state index contributed by atoms with van der Waals surface area (Å²) in [7, 11) is -3.58. The Morgan fingerprint density at radius 1 is 1.36 bits per heavy atom. The van der Waals surface area contributed by atoms with Crippen LogP contribution in [-0.2, 0) is 16.3 Å². The minimum atomic E-state index is -3.58. The molecule has 0 saturated heterocycles. The summed E-state index contributed by atoms with van der Waals surface area (Å²) in [4.78, 5) is 17.2. The molecular formula is C20H23N3O4S. The molecule has 3 aromatic rings.